The van der Waals surface area contributed by atoms with Gasteiger partial charge in [0.25, 0.3) is 5.91 Å². The van der Waals surface area contributed by atoms with E-state index in [2.05, 4.69) is 31.4 Å². The van der Waals surface area contributed by atoms with Gasteiger partial charge in [-0.2, -0.15) is 5.10 Å². The van der Waals surface area contributed by atoms with Crippen LogP contribution in [0.1, 0.15) is 20.8 Å². The average molecular weight is 345 g/mol. The largest absolute Gasteiger partial charge is 0.389 e. The highest BCUT2D eigenvalue weighted by molar-refractivity contribution is 9.11. The number of nitrogens with zero attached hydrogens (tertiary/aromatic N) is 1. The van der Waals surface area contributed by atoms with Crippen LogP contribution in [-0.2, 0) is 0 Å². The van der Waals surface area contributed by atoms with E-state index in [0.717, 1.165) is 9.35 Å². The Kier molecular flexibility index (Phi) is 3.79. The highest BCUT2D eigenvalue weighted by atomic mass is 79.9. The summed E-state index contributed by atoms with van der Waals surface area (Å²) in [5.41, 5.74) is 7.05. The van der Waals surface area contributed by atoms with Gasteiger partial charge >= 0.3 is 0 Å². The molecule has 0 aliphatic rings. The van der Waals surface area contributed by atoms with E-state index in [1.807, 2.05) is 6.92 Å². The zero-order valence-electron chi connectivity index (χ0n) is 9.28. The van der Waals surface area contributed by atoms with Crippen molar-refractivity contribution in [1.82, 2.24) is 10.2 Å². The van der Waals surface area contributed by atoms with Gasteiger partial charge in [0, 0.05) is 0 Å². The molecule has 0 fully saturated rings. The fourth-order valence-electron chi connectivity index (χ4n) is 1.32. The predicted octanol–water partition coefficient (Wildman–Crippen LogP) is 2.43. The second kappa shape index (κ2) is 5.17. The van der Waals surface area contributed by atoms with Crippen LogP contribution in [0.25, 0.3) is 0 Å². The number of anilines is 1. The first-order chi connectivity index (χ1) is 8.49. The summed E-state index contributed by atoms with van der Waals surface area (Å²) in [5.74, 6) is 0.185. The number of carbonyl (C=O) groups excluding carboxylic acids is 1. The molecule has 0 aromatic carbocycles. The van der Waals surface area contributed by atoms with Crippen molar-refractivity contribution in [2.24, 2.45) is 5.73 Å². The van der Waals surface area contributed by atoms with E-state index < -0.39 is 0 Å². The molecule has 8 heteroatoms. The van der Waals surface area contributed by atoms with Crippen LogP contribution in [0.4, 0.5) is 5.82 Å². The third-order valence-electron chi connectivity index (χ3n) is 2.22. The molecule has 0 bridgehead atoms. The summed E-state index contributed by atoms with van der Waals surface area (Å²) in [5, 5.41) is 9.15. The predicted molar refractivity (Wildman–Crippen MR) is 79.2 cm³/mol. The molecular formula is C10H9BrN4OS2. The number of thiocarbonyl (C=S) groups is 1. The molecule has 2 heterocycles. The number of hydrogen-bond acceptors (Lipinski definition) is 4. The molecule has 0 radical (unpaired) electrons. The van der Waals surface area contributed by atoms with Gasteiger partial charge in [0.2, 0.25) is 0 Å². The van der Waals surface area contributed by atoms with E-state index in [1.54, 1.807) is 6.07 Å². The number of hydrogen-bond donors (Lipinski definition) is 3. The fourth-order valence-corrected chi connectivity index (χ4v) is 2.90. The lowest BCUT2D eigenvalue weighted by Gasteiger charge is -2.02. The Hall–Kier alpha value is -1.25. The van der Waals surface area contributed by atoms with Crippen molar-refractivity contribution in [3.63, 3.8) is 0 Å². The van der Waals surface area contributed by atoms with Crippen LogP contribution in [0.15, 0.2) is 16.0 Å². The van der Waals surface area contributed by atoms with Gasteiger partial charge in [0.05, 0.1) is 20.4 Å². The summed E-state index contributed by atoms with van der Waals surface area (Å²) in [6, 6.07) is 1.81. The number of thiophene rings is 1. The summed E-state index contributed by atoms with van der Waals surface area (Å²) < 4.78 is 0.937. The molecule has 0 saturated carbocycles. The standard InChI is InChI=1S/C10H9BrN4OS2/c1-4-2-6(18-7(4)11)10(16)14-9-5(8(12)17)3-13-15-9/h2-3H,1H3,(H2,12,17)(H2,13,14,15,16). The quantitative estimate of drug-likeness (QED) is 0.746. The molecule has 0 spiro atoms. The lowest BCUT2D eigenvalue weighted by molar-refractivity contribution is 0.103. The number of halogens is 1. The van der Waals surface area contributed by atoms with Crippen molar-refractivity contribution in [2.45, 2.75) is 6.92 Å². The van der Waals surface area contributed by atoms with Gasteiger partial charge < -0.3 is 11.1 Å². The van der Waals surface area contributed by atoms with Crippen LogP contribution in [0, 0.1) is 6.92 Å². The molecule has 0 aliphatic heterocycles. The summed E-state index contributed by atoms with van der Waals surface area (Å²) in [6.45, 7) is 1.92. The van der Waals surface area contributed by atoms with E-state index in [4.69, 9.17) is 18.0 Å². The van der Waals surface area contributed by atoms with Gasteiger partial charge in [0.1, 0.15) is 10.8 Å². The number of aromatic amines is 1. The number of aryl methyl sites for hydroxylation is 1. The summed E-state index contributed by atoms with van der Waals surface area (Å²) in [7, 11) is 0. The molecule has 2 aromatic rings. The number of nitrogens with one attached hydrogen (secondary N) is 2. The van der Waals surface area contributed by atoms with Crippen LogP contribution in [0.3, 0.4) is 0 Å². The maximum Gasteiger partial charge on any atom is 0.266 e. The monoisotopic (exact) mass is 344 g/mol. The van der Waals surface area contributed by atoms with E-state index in [1.165, 1.54) is 17.5 Å². The average Bonchev–Trinajstić information content (AvgIpc) is 2.87. The van der Waals surface area contributed by atoms with Crippen molar-refractivity contribution in [3.05, 3.63) is 32.1 Å². The Morgan fingerprint density at radius 2 is 2.39 bits per heavy atom. The first kappa shape index (κ1) is 13.2. The molecule has 0 aliphatic carbocycles. The normalized spacial score (nSPS) is 10.3. The third kappa shape index (κ3) is 2.60. The summed E-state index contributed by atoms with van der Waals surface area (Å²) in [6.07, 6.45) is 1.48. The zero-order valence-corrected chi connectivity index (χ0v) is 12.5. The lowest BCUT2D eigenvalue weighted by Crippen LogP contribution is -2.16. The number of rotatable bonds is 3. The van der Waals surface area contributed by atoms with Crippen LogP contribution in [-0.4, -0.2) is 21.1 Å². The number of H-pyrrole nitrogens is 1. The summed E-state index contributed by atoms with van der Waals surface area (Å²) >= 11 is 9.60. The van der Waals surface area contributed by atoms with Crippen LogP contribution in [0.5, 0.6) is 0 Å². The molecule has 94 valence electrons. The van der Waals surface area contributed by atoms with Crippen LogP contribution in [0.2, 0.25) is 0 Å². The highest BCUT2D eigenvalue weighted by Crippen LogP contribution is 2.27. The third-order valence-corrected chi connectivity index (χ3v) is 4.58. The van der Waals surface area contributed by atoms with E-state index in [9.17, 15) is 4.79 Å². The maximum atomic E-state index is 12.0. The molecule has 1 amide bonds. The van der Waals surface area contributed by atoms with E-state index >= 15 is 0 Å². The minimum Gasteiger partial charge on any atom is -0.389 e. The Labute approximate surface area is 121 Å². The van der Waals surface area contributed by atoms with Crippen molar-refractivity contribution >= 4 is 56.2 Å². The van der Waals surface area contributed by atoms with Gasteiger partial charge in [-0.3, -0.25) is 9.89 Å². The van der Waals surface area contributed by atoms with Crippen molar-refractivity contribution in [2.75, 3.05) is 5.32 Å². The second-order valence-corrected chi connectivity index (χ2v) is 6.35. The topological polar surface area (TPSA) is 83.8 Å². The van der Waals surface area contributed by atoms with Gasteiger partial charge in [-0.1, -0.05) is 12.2 Å². The first-order valence-corrected chi connectivity index (χ1v) is 6.91. The van der Waals surface area contributed by atoms with Crippen LogP contribution < -0.4 is 11.1 Å². The van der Waals surface area contributed by atoms with Gasteiger partial charge in [-0.15, -0.1) is 11.3 Å². The molecule has 0 unspecified atom stereocenters. The smallest absolute Gasteiger partial charge is 0.266 e. The van der Waals surface area contributed by atoms with E-state index in [0.29, 0.717) is 16.3 Å². The molecular weight excluding hydrogens is 336 g/mol. The number of aromatic nitrogens is 2. The Morgan fingerprint density at radius 3 is 2.94 bits per heavy atom. The molecule has 0 saturated heterocycles. The van der Waals surface area contributed by atoms with Crippen molar-refractivity contribution < 1.29 is 4.79 Å². The van der Waals surface area contributed by atoms with Crippen molar-refractivity contribution in [3.8, 4) is 0 Å². The van der Waals surface area contributed by atoms with Gasteiger partial charge in [0.15, 0.2) is 0 Å². The molecule has 2 aromatic heterocycles. The van der Waals surface area contributed by atoms with Crippen LogP contribution >= 0.6 is 39.5 Å². The Bertz CT molecular complexity index is 600. The molecule has 0 atom stereocenters. The minimum absolute atomic E-state index is 0.183. The number of amides is 1. The molecule has 4 N–H and O–H groups in total. The Balaban J connectivity index is 2.21. The summed E-state index contributed by atoms with van der Waals surface area (Å²) in [4.78, 5) is 12.8. The van der Waals surface area contributed by atoms with Crippen molar-refractivity contribution in [1.29, 1.82) is 0 Å². The molecule has 2 rings (SSSR count). The zero-order chi connectivity index (χ0) is 13.3. The van der Waals surface area contributed by atoms with E-state index in [-0.39, 0.29) is 10.9 Å². The number of carbonyl (C=O) groups is 1. The van der Waals surface area contributed by atoms with Gasteiger partial charge in [-0.05, 0) is 34.5 Å². The maximum absolute atomic E-state index is 12.0. The Morgan fingerprint density at radius 1 is 1.67 bits per heavy atom. The minimum atomic E-state index is -0.226. The molecule has 5 nitrogen and oxygen atoms in total. The fraction of sp³-hybridized carbons (Fsp3) is 0.100. The lowest BCUT2D eigenvalue weighted by atomic mass is 10.3. The number of nitrogens with two attached hydrogens (primary N) is 1. The first-order valence-electron chi connectivity index (χ1n) is 4.89. The highest BCUT2D eigenvalue weighted by Gasteiger charge is 2.15. The molecule has 18 heavy (non-hydrogen) atoms. The van der Waals surface area contributed by atoms with Gasteiger partial charge in [-0.25, -0.2) is 0 Å². The SMILES string of the molecule is Cc1cc(C(=O)Nc2[nH]ncc2C(N)=S)sc1Br. The second-order valence-electron chi connectivity index (χ2n) is 3.54.